The number of anilines is 1. The Bertz CT molecular complexity index is 830. The highest BCUT2D eigenvalue weighted by atomic mass is 32.2. The van der Waals surface area contributed by atoms with Crippen molar-refractivity contribution < 1.29 is 17.9 Å². The monoisotopic (exact) mass is 349 g/mol. The van der Waals surface area contributed by atoms with Crippen LogP contribution in [0.15, 0.2) is 42.5 Å². The van der Waals surface area contributed by atoms with Crippen LogP contribution in [0, 0.1) is 5.82 Å². The Kier molecular flexibility index (Phi) is 4.60. The minimum atomic E-state index is -3.50. The zero-order valence-electron chi connectivity index (χ0n) is 13.4. The van der Waals surface area contributed by atoms with E-state index in [0.717, 1.165) is 35.8 Å². The molecule has 24 heavy (non-hydrogen) atoms. The molecule has 1 aliphatic rings. The second-order valence-corrected chi connectivity index (χ2v) is 8.02. The van der Waals surface area contributed by atoms with Crippen LogP contribution in [0.5, 0.6) is 0 Å². The number of aliphatic hydroxyl groups excluding tert-OH is 1. The largest absolute Gasteiger partial charge is 0.394 e. The number of nitrogens with zero attached hydrogens (tertiary/aromatic N) is 1. The van der Waals surface area contributed by atoms with Crippen LogP contribution in [0.4, 0.5) is 10.1 Å². The molecular weight excluding hydrogens is 329 g/mol. The van der Waals surface area contributed by atoms with Gasteiger partial charge in [-0.25, -0.2) is 12.8 Å². The molecule has 0 bridgehead atoms. The molecule has 1 fully saturated rings. The third kappa shape index (κ3) is 3.60. The second-order valence-electron chi connectivity index (χ2n) is 6.11. The average Bonchev–Trinajstić information content (AvgIpc) is 3.36. The van der Waals surface area contributed by atoms with E-state index in [0.29, 0.717) is 11.6 Å². The smallest absolute Gasteiger partial charge is 0.232 e. The van der Waals surface area contributed by atoms with Crippen LogP contribution in [0.2, 0.25) is 0 Å². The van der Waals surface area contributed by atoms with Crippen molar-refractivity contribution >= 4 is 15.7 Å². The van der Waals surface area contributed by atoms with Crippen molar-refractivity contribution in [2.75, 3.05) is 23.7 Å². The third-order valence-corrected chi connectivity index (χ3v) is 5.38. The van der Waals surface area contributed by atoms with Gasteiger partial charge in [0.05, 0.1) is 25.1 Å². The highest BCUT2D eigenvalue weighted by molar-refractivity contribution is 7.92. The Hall–Kier alpha value is -1.92. The first-order valence-corrected chi connectivity index (χ1v) is 9.73. The number of hydrogen-bond acceptors (Lipinski definition) is 3. The molecule has 0 saturated heterocycles. The lowest BCUT2D eigenvalue weighted by Crippen LogP contribution is -2.33. The van der Waals surface area contributed by atoms with E-state index in [1.54, 1.807) is 12.1 Å². The summed E-state index contributed by atoms with van der Waals surface area (Å²) in [6.07, 6.45) is 3.23. The van der Waals surface area contributed by atoms with Gasteiger partial charge in [0.15, 0.2) is 0 Å². The normalized spacial score (nSPS) is 14.6. The molecule has 4 nitrogen and oxygen atoms in total. The zero-order valence-corrected chi connectivity index (χ0v) is 14.3. The van der Waals surface area contributed by atoms with Crippen molar-refractivity contribution in [3.8, 4) is 11.1 Å². The predicted octanol–water partition coefficient (Wildman–Crippen LogP) is 3.13. The summed E-state index contributed by atoms with van der Waals surface area (Å²) < 4.78 is 38.7. The quantitative estimate of drug-likeness (QED) is 0.872. The minimum absolute atomic E-state index is 0.0193. The Morgan fingerprint density at radius 2 is 1.75 bits per heavy atom. The summed E-state index contributed by atoms with van der Waals surface area (Å²) in [5.74, 6) is 0.0526. The maximum Gasteiger partial charge on any atom is 0.232 e. The van der Waals surface area contributed by atoms with Gasteiger partial charge in [-0.2, -0.15) is 0 Å². The first kappa shape index (κ1) is 16.9. The zero-order chi connectivity index (χ0) is 17.3. The summed E-state index contributed by atoms with van der Waals surface area (Å²) in [6.45, 7) is -0.233. The Balaban J connectivity index is 2.10. The minimum Gasteiger partial charge on any atom is -0.394 e. The fraction of sp³-hybridized carbons (Fsp3) is 0.333. The van der Waals surface area contributed by atoms with E-state index >= 15 is 0 Å². The molecule has 2 aromatic carbocycles. The van der Waals surface area contributed by atoms with Gasteiger partial charge in [-0.15, -0.1) is 0 Å². The summed E-state index contributed by atoms with van der Waals surface area (Å²) in [4.78, 5) is 0. The van der Waals surface area contributed by atoms with Crippen LogP contribution < -0.4 is 4.31 Å². The highest BCUT2D eigenvalue weighted by Gasteiger charge is 2.30. The molecule has 0 unspecified atom stereocenters. The van der Waals surface area contributed by atoms with E-state index in [-0.39, 0.29) is 19.0 Å². The molecule has 0 amide bonds. The summed E-state index contributed by atoms with van der Waals surface area (Å²) in [5, 5.41) is 9.28. The van der Waals surface area contributed by atoms with E-state index in [4.69, 9.17) is 0 Å². The van der Waals surface area contributed by atoms with Crippen LogP contribution in [-0.4, -0.2) is 32.9 Å². The van der Waals surface area contributed by atoms with Gasteiger partial charge in [-0.3, -0.25) is 4.31 Å². The molecule has 1 aliphatic carbocycles. The standard InChI is InChI=1S/C18H20FNO3S/c1-24(22,23)20(10-11-21)18-12-15(6-9-17(18)14-2-3-14)13-4-7-16(19)8-5-13/h4-9,12,14,21H,2-3,10-11H2,1H3. The molecule has 0 heterocycles. The number of sulfonamides is 1. The lowest BCUT2D eigenvalue weighted by molar-refractivity contribution is 0.306. The maximum atomic E-state index is 13.1. The van der Waals surface area contributed by atoms with E-state index in [1.165, 1.54) is 16.4 Å². The molecule has 0 radical (unpaired) electrons. The maximum absolute atomic E-state index is 13.1. The molecule has 1 saturated carbocycles. The fourth-order valence-corrected chi connectivity index (χ4v) is 3.81. The van der Waals surface area contributed by atoms with Gasteiger partial charge >= 0.3 is 0 Å². The van der Waals surface area contributed by atoms with Crippen molar-refractivity contribution in [2.24, 2.45) is 0 Å². The van der Waals surface area contributed by atoms with Crippen molar-refractivity contribution in [1.29, 1.82) is 0 Å². The fourth-order valence-electron chi connectivity index (χ4n) is 2.88. The van der Waals surface area contributed by atoms with Gasteiger partial charge in [0.1, 0.15) is 5.82 Å². The SMILES string of the molecule is CS(=O)(=O)N(CCO)c1cc(-c2ccc(F)cc2)ccc1C1CC1. The summed E-state index contributed by atoms with van der Waals surface area (Å²) in [7, 11) is -3.50. The van der Waals surface area contributed by atoms with Crippen molar-refractivity contribution in [3.05, 3.63) is 53.8 Å². The Labute approximate surface area is 141 Å². The lowest BCUT2D eigenvalue weighted by atomic mass is 10.00. The average molecular weight is 349 g/mol. The van der Waals surface area contributed by atoms with Crippen LogP contribution in [-0.2, 0) is 10.0 Å². The number of rotatable bonds is 6. The number of halogens is 1. The molecule has 0 spiro atoms. The van der Waals surface area contributed by atoms with Gasteiger partial charge in [-0.1, -0.05) is 24.3 Å². The van der Waals surface area contributed by atoms with E-state index in [1.807, 2.05) is 18.2 Å². The summed E-state index contributed by atoms with van der Waals surface area (Å²) in [6, 6.07) is 11.8. The van der Waals surface area contributed by atoms with E-state index < -0.39 is 10.0 Å². The molecule has 0 aromatic heterocycles. The van der Waals surface area contributed by atoms with Crippen molar-refractivity contribution in [1.82, 2.24) is 0 Å². The Morgan fingerprint density at radius 1 is 1.12 bits per heavy atom. The van der Waals surface area contributed by atoms with Gasteiger partial charge in [0.25, 0.3) is 0 Å². The molecule has 0 atom stereocenters. The van der Waals surface area contributed by atoms with Gasteiger partial charge in [-0.05, 0) is 53.6 Å². The number of hydrogen-bond donors (Lipinski definition) is 1. The second kappa shape index (κ2) is 6.53. The molecule has 0 aliphatic heterocycles. The van der Waals surface area contributed by atoms with Crippen molar-refractivity contribution in [3.63, 3.8) is 0 Å². The summed E-state index contributed by atoms with van der Waals surface area (Å²) >= 11 is 0. The number of benzene rings is 2. The topological polar surface area (TPSA) is 57.6 Å². The number of aliphatic hydroxyl groups is 1. The Morgan fingerprint density at radius 3 is 2.29 bits per heavy atom. The third-order valence-electron chi connectivity index (χ3n) is 4.20. The predicted molar refractivity (Wildman–Crippen MR) is 93.1 cm³/mol. The molecular formula is C18H20FNO3S. The molecule has 3 rings (SSSR count). The molecule has 1 N–H and O–H groups in total. The van der Waals surface area contributed by atoms with Crippen molar-refractivity contribution in [2.45, 2.75) is 18.8 Å². The van der Waals surface area contributed by atoms with Crippen LogP contribution in [0.3, 0.4) is 0 Å². The molecule has 128 valence electrons. The van der Waals surface area contributed by atoms with Crippen LogP contribution in [0.25, 0.3) is 11.1 Å². The van der Waals surface area contributed by atoms with Gasteiger partial charge < -0.3 is 5.11 Å². The van der Waals surface area contributed by atoms with Crippen LogP contribution >= 0.6 is 0 Å². The highest BCUT2D eigenvalue weighted by Crippen LogP contribution is 2.45. The first-order valence-electron chi connectivity index (χ1n) is 7.88. The van der Waals surface area contributed by atoms with E-state index in [2.05, 4.69) is 0 Å². The van der Waals surface area contributed by atoms with Crippen LogP contribution in [0.1, 0.15) is 24.3 Å². The van der Waals surface area contributed by atoms with Gasteiger partial charge in [0.2, 0.25) is 10.0 Å². The van der Waals surface area contributed by atoms with E-state index in [9.17, 15) is 17.9 Å². The molecule has 6 heteroatoms. The summed E-state index contributed by atoms with van der Waals surface area (Å²) in [5.41, 5.74) is 3.23. The first-order chi connectivity index (χ1) is 11.4. The molecule has 2 aromatic rings. The van der Waals surface area contributed by atoms with Gasteiger partial charge in [0, 0.05) is 0 Å². The lowest BCUT2D eigenvalue weighted by Gasteiger charge is -2.25.